The third kappa shape index (κ3) is 2.92. The van der Waals surface area contributed by atoms with Gasteiger partial charge in [-0.3, -0.25) is 4.98 Å². The molecular formula is C15H18N2. The summed E-state index contributed by atoms with van der Waals surface area (Å²) in [5.41, 5.74) is 10.9. The molecule has 0 aliphatic heterocycles. The van der Waals surface area contributed by atoms with E-state index >= 15 is 0 Å². The Kier molecular flexibility index (Phi) is 3.55. The van der Waals surface area contributed by atoms with Gasteiger partial charge in [0.15, 0.2) is 0 Å². The van der Waals surface area contributed by atoms with Gasteiger partial charge in [-0.05, 0) is 37.5 Å². The van der Waals surface area contributed by atoms with E-state index in [0.29, 0.717) is 0 Å². The molecule has 2 aromatic rings. The smallest absolute Gasteiger partial charge is 0.0603 e. The summed E-state index contributed by atoms with van der Waals surface area (Å²) in [5.74, 6) is 0. The molecule has 2 nitrogen and oxygen atoms in total. The van der Waals surface area contributed by atoms with Crippen LogP contribution in [-0.2, 0) is 6.42 Å². The molecule has 2 heteroatoms. The van der Waals surface area contributed by atoms with E-state index in [1.165, 1.54) is 11.1 Å². The van der Waals surface area contributed by atoms with Crippen molar-refractivity contribution in [3.05, 3.63) is 65.0 Å². The Bertz CT molecular complexity index is 489. The summed E-state index contributed by atoms with van der Waals surface area (Å²) in [6.45, 7) is 4.14. The van der Waals surface area contributed by atoms with Gasteiger partial charge in [0.1, 0.15) is 0 Å². The van der Waals surface area contributed by atoms with E-state index in [4.69, 9.17) is 5.73 Å². The van der Waals surface area contributed by atoms with Crippen molar-refractivity contribution in [1.29, 1.82) is 0 Å². The summed E-state index contributed by atoms with van der Waals surface area (Å²) in [5, 5.41) is 0. The molecule has 1 atom stereocenters. The van der Waals surface area contributed by atoms with Crippen LogP contribution in [0.15, 0.2) is 42.6 Å². The zero-order valence-corrected chi connectivity index (χ0v) is 10.4. The van der Waals surface area contributed by atoms with E-state index in [9.17, 15) is 0 Å². The summed E-state index contributed by atoms with van der Waals surface area (Å²) in [6.07, 6.45) is 2.63. The molecule has 1 heterocycles. The highest BCUT2D eigenvalue weighted by atomic mass is 14.8. The number of rotatable bonds is 3. The molecule has 2 N–H and O–H groups in total. The van der Waals surface area contributed by atoms with Crippen LogP contribution in [0.25, 0.3) is 0 Å². The van der Waals surface area contributed by atoms with Gasteiger partial charge in [0, 0.05) is 6.20 Å². The quantitative estimate of drug-likeness (QED) is 0.874. The van der Waals surface area contributed by atoms with E-state index in [2.05, 4.69) is 49.2 Å². The summed E-state index contributed by atoms with van der Waals surface area (Å²) < 4.78 is 0. The van der Waals surface area contributed by atoms with Gasteiger partial charge in [0.2, 0.25) is 0 Å². The fourth-order valence-corrected chi connectivity index (χ4v) is 1.96. The number of nitrogens with zero attached hydrogens (tertiary/aromatic N) is 1. The van der Waals surface area contributed by atoms with E-state index in [0.717, 1.165) is 17.7 Å². The van der Waals surface area contributed by atoms with Gasteiger partial charge in [0.25, 0.3) is 0 Å². The van der Waals surface area contributed by atoms with Gasteiger partial charge < -0.3 is 5.73 Å². The predicted molar refractivity (Wildman–Crippen MR) is 70.8 cm³/mol. The van der Waals surface area contributed by atoms with Crippen LogP contribution in [0.5, 0.6) is 0 Å². The molecule has 0 spiro atoms. The highest BCUT2D eigenvalue weighted by Gasteiger charge is 2.10. The second-order valence-electron chi connectivity index (χ2n) is 4.50. The number of hydrogen-bond acceptors (Lipinski definition) is 2. The zero-order valence-electron chi connectivity index (χ0n) is 10.4. The number of hydrogen-bond donors (Lipinski definition) is 1. The average molecular weight is 226 g/mol. The lowest BCUT2D eigenvalue weighted by atomic mass is 10.0. The second kappa shape index (κ2) is 5.11. The van der Waals surface area contributed by atoms with E-state index in [1.54, 1.807) is 6.20 Å². The largest absolute Gasteiger partial charge is 0.322 e. The van der Waals surface area contributed by atoms with Crippen molar-refractivity contribution < 1.29 is 0 Å². The molecule has 88 valence electrons. The molecule has 0 amide bonds. The number of pyridine rings is 1. The number of aromatic nitrogens is 1. The molecule has 1 unspecified atom stereocenters. The molecule has 0 saturated carbocycles. The molecule has 0 aliphatic rings. The Morgan fingerprint density at radius 2 is 1.82 bits per heavy atom. The maximum atomic E-state index is 6.20. The molecule has 2 rings (SSSR count). The average Bonchev–Trinajstić information content (AvgIpc) is 2.32. The Balaban J connectivity index is 2.14. The van der Waals surface area contributed by atoms with Crippen LogP contribution < -0.4 is 5.73 Å². The van der Waals surface area contributed by atoms with Gasteiger partial charge in [-0.15, -0.1) is 0 Å². The van der Waals surface area contributed by atoms with Crippen molar-refractivity contribution >= 4 is 0 Å². The van der Waals surface area contributed by atoms with Gasteiger partial charge >= 0.3 is 0 Å². The molecule has 0 fully saturated rings. The second-order valence-corrected chi connectivity index (χ2v) is 4.50. The number of benzene rings is 1. The Morgan fingerprint density at radius 3 is 2.47 bits per heavy atom. The first-order valence-corrected chi connectivity index (χ1v) is 5.89. The Labute approximate surface area is 103 Å². The first-order valence-electron chi connectivity index (χ1n) is 5.89. The monoisotopic (exact) mass is 226 g/mol. The van der Waals surface area contributed by atoms with Gasteiger partial charge in [-0.1, -0.05) is 35.9 Å². The van der Waals surface area contributed by atoms with Crippen LogP contribution >= 0.6 is 0 Å². The van der Waals surface area contributed by atoms with Crippen molar-refractivity contribution in [3.8, 4) is 0 Å². The molecule has 1 aromatic heterocycles. The van der Waals surface area contributed by atoms with Crippen LogP contribution in [0.1, 0.15) is 28.4 Å². The summed E-state index contributed by atoms with van der Waals surface area (Å²) >= 11 is 0. The standard InChI is InChI=1S/C15H18N2/c1-11-5-7-13(8-6-11)10-14(16)15-12(2)4-3-9-17-15/h3-9,14H,10,16H2,1-2H3. The number of nitrogens with two attached hydrogens (primary N) is 1. The van der Waals surface area contributed by atoms with Gasteiger partial charge in [0.05, 0.1) is 11.7 Å². The first kappa shape index (κ1) is 11.8. The van der Waals surface area contributed by atoms with Crippen molar-refractivity contribution in [2.75, 3.05) is 0 Å². The minimum Gasteiger partial charge on any atom is -0.322 e. The Hall–Kier alpha value is -1.67. The lowest BCUT2D eigenvalue weighted by Crippen LogP contribution is -2.16. The van der Waals surface area contributed by atoms with E-state index in [1.807, 2.05) is 6.07 Å². The van der Waals surface area contributed by atoms with E-state index in [-0.39, 0.29) is 6.04 Å². The van der Waals surface area contributed by atoms with Crippen molar-refractivity contribution in [2.45, 2.75) is 26.3 Å². The van der Waals surface area contributed by atoms with Crippen LogP contribution in [0.4, 0.5) is 0 Å². The van der Waals surface area contributed by atoms with Crippen LogP contribution in [0.2, 0.25) is 0 Å². The summed E-state index contributed by atoms with van der Waals surface area (Å²) in [6, 6.07) is 12.5. The molecule has 0 saturated heterocycles. The fourth-order valence-electron chi connectivity index (χ4n) is 1.96. The minimum atomic E-state index is -0.0288. The molecule has 0 bridgehead atoms. The lowest BCUT2D eigenvalue weighted by Gasteiger charge is -2.13. The van der Waals surface area contributed by atoms with Crippen LogP contribution in [0, 0.1) is 13.8 Å². The molecule has 1 aromatic carbocycles. The van der Waals surface area contributed by atoms with Gasteiger partial charge in [-0.25, -0.2) is 0 Å². The molecule has 0 radical (unpaired) electrons. The van der Waals surface area contributed by atoms with Crippen molar-refractivity contribution in [3.63, 3.8) is 0 Å². The highest BCUT2D eigenvalue weighted by Crippen LogP contribution is 2.17. The number of aryl methyl sites for hydroxylation is 2. The molecule has 0 aliphatic carbocycles. The highest BCUT2D eigenvalue weighted by molar-refractivity contribution is 5.26. The summed E-state index contributed by atoms with van der Waals surface area (Å²) in [4.78, 5) is 4.37. The maximum absolute atomic E-state index is 6.20. The van der Waals surface area contributed by atoms with E-state index < -0.39 is 0 Å². The SMILES string of the molecule is Cc1ccc(CC(N)c2ncccc2C)cc1. The molecular weight excluding hydrogens is 208 g/mol. The van der Waals surface area contributed by atoms with Crippen molar-refractivity contribution in [2.24, 2.45) is 5.73 Å². The predicted octanol–water partition coefficient (Wildman–Crippen LogP) is 2.94. The molecule has 17 heavy (non-hydrogen) atoms. The topological polar surface area (TPSA) is 38.9 Å². The van der Waals surface area contributed by atoms with Crippen LogP contribution in [-0.4, -0.2) is 4.98 Å². The summed E-state index contributed by atoms with van der Waals surface area (Å²) in [7, 11) is 0. The van der Waals surface area contributed by atoms with Gasteiger partial charge in [-0.2, -0.15) is 0 Å². The normalized spacial score (nSPS) is 12.4. The minimum absolute atomic E-state index is 0.0288. The van der Waals surface area contributed by atoms with Crippen LogP contribution in [0.3, 0.4) is 0 Å². The zero-order chi connectivity index (χ0) is 12.3. The Morgan fingerprint density at radius 1 is 1.12 bits per heavy atom. The third-order valence-corrected chi connectivity index (χ3v) is 2.98. The third-order valence-electron chi connectivity index (χ3n) is 2.98. The van der Waals surface area contributed by atoms with Crippen molar-refractivity contribution in [1.82, 2.24) is 4.98 Å². The first-order chi connectivity index (χ1) is 8.16. The maximum Gasteiger partial charge on any atom is 0.0603 e. The lowest BCUT2D eigenvalue weighted by molar-refractivity contribution is 0.690. The fraction of sp³-hybridized carbons (Fsp3) is 0.267.